The smallest absolute Gasteiger partial charge is 0.00225 e. The zero-order valence-electron chi connectivity index (χ0n) is 12.1. The van der Waals surface area contributed by atoms with Crippen molar-refractivity contribution in [3.63, 3.8) is 0 Å². The van der Waals surface area contributed by atoms with E-state index in [-0.39, 0.29) is 0 Å². The van der Waals surface area contributed by atoms with Gasteiger partial charge in [0.05, 0.1) is 0 Å². The van der Waals surface area contributed by atoms with Crippen LogP contribution in [0.25, 0.3) is 0 Å². The molecule has 16 heavy (non-hydrogen) atoms. The molecule has 0 aliphatic rings. The Bertz CT molecular complexity index is 174. The molecule has 0 saturated heterocycles. The lowest BCUT2D eigenvalue weighted by Crippen LogP contribution is -2.38. The number of rotatable bonds is 7. The van der Waals surface area contributed by atoms with Crippen molar-refractivity contribution in [2.75, 3.05) is 25.4 Å². The molecule has 2 atom stereocenters. The third kappa shape index (κ3) is 6.15. The molecule has 0 heterocycles. The van der Waals surface area contributed by atoms with Crippen molar-refractivity contribution < 1.29 is 0 Å². The van der Waals surface area contributed by atoms with Crippen molar-refractivity contribution in [3.05, 3.63) is 0 Å². The largest absolute Gasteiger partial charge is 0.303 e. The minimum Gasteiger partial charge on any atom is -0.303 e. The molecule has 0 aliphatic heterocycles. The number of hydrogen-bond acceptors (Lipinski definition) is 2. The van der Waals surface area contributed by atoms with Crippen LogP contribution in [0.5, 0.6) is 0 Å². The highest BCUT2D eigenvalue weighted by Gasteiger charge is 2.25. The molecule has 0 aliphatic carbocycles. The average Bonchev–Trinajstić information content (AvgIpc) is 2.21. The SMILES string of the molecule is CCC(C)CN(CC)CC(CS)C(C)(C)C. The van der Waals surface area contributed by atoms with Gasteiger partial charge in [0, 0.05) is 13.1 Å². The van der Waals surface area contributed by atoms with Crippen molar-refractivity contribution in [1.29, 1.82) is 0 Å². The van der Waals surface area contributed by atoms with Gasteiger partial charge < -0.3 is 4.90 Å². The Morgan fingerprint density at radius 1 is 1.12 bits per heavy atom. The van der Waals surface area contributed by atoms with Gasteiger partial charge in [-0.15, -0.1) is 0 Å². The van der Waals surface area contributed by atoms with E-state index in [0.29, 0.717) is 11.3 Å². The maximum absolute atomic E-state index is 4.51. The summed E-state index contributed by atoms with van der Waals surface area (Å²) >= 11 is 4.51. The van der Waals surface area contributed by atoms with Crippen molar-refractivity contribution in [1.82, 2.24) is 4.90 Å². The van der Waals surface area contributed by atoms with E-state index in [1.54, 1.807) is 0 Å². The van der Waals surface area contributed by atoms with E-state index in [4.69, 9.17) is 0 Å². The second kappa shape index (κ2) is 7.60. The van der Waals surface area contributed by atoms with Crippen LogP contribution < -0.4 is 0 Å². The molecule has 0 aromatic carbocycles. The molecule has 0 aromatic rings. The van der Waals surface area contributed by atoms with E-state index in [2.05, 4.69) is 59.1 Å². The highest BCUT2D eigenvalue weighted by atomic mass is 32.1. The van der Waals surface area contributed by atoms with Gasteiger partial charge in [0.2, 0.25) is 0 Å². The average molecular weight is 245 g/mol. The summed E-state index contributed by atoms with van der Waals surface area (Å²) < 4.78 is 0. The predicted octanol–water partition coefficient (Wildman–Crippen LogP) is 3.95. The zero-order valence-corrected chi connectivity index (χ0v) is 13.0. The molecule has 0 saturated carbocycles. The first-order chi connectivity index (χ1) is 7.35. The van der Waals surface area contributed by atoms with E-state index in [9.17, 15) is 0 Å². The minimum atomic E-state index is 0.366. The fourth-order valence-electron chi connectivity index (χ4n) is 1.82. The molecule has 0 aromatic heterocycles. The first-order valence-corrected chi connectivity index (χ1v) is 7.31. The molecule has 98 valence electrons. The monoisotopic (exact) mass is 245 g/mol. The van der Waals surface area contributed by atoms with Crippen LogP contribution in [-0.4, -0.2) is 30.3 Å². The van der Waals surface area contributed by atoms with Crippen LogP contribution in [0, 0.1) is 17.3 Å². The van der Waals surface area contributed by atoms with E-state index < -0.39 is 0 Å². The summed E-state index contributed by atoms with van der Waals surface area (Å²) in [6, 6.07) is 0. The van der Waals surface area contributed by atoms with Gasteiger partial charge in [-0.25, -0.2) is 0 Å². The highest BCUT2D eigenvalue weighted by Crippen LogP contribution is 2.27. The standard InChI is InChI=1S/C14H31NS/c1-7-12(3)9-15(8-2)10-13(11-16)14(4,5)6/h12-13,16H,7-11H2,1-6H3. The summed E-state index contributed by atoms with van der Waals surface area (Å²) in [5.74, 6) is 2.47. The van der Waals surface area contributed by atoms with Gasteiger partial charge in [0.1, 0.15) is 0 Å². The Balaban J connectivity index is 4.28. The second-order valence-electron chi connectivity index (χ2n) is 6.11. The van der Waals surface area contributed by atoms with Crippen molar-refractivity contribution >= 4 is 12.6 Å². The number of thiol groups is 1. The molecule has 0 rings (SSSR count). The fraction of sp³-hybridized carbons (Fsp3) is 1.00. The summed E-state index contributed by atoms with van der Waals surface area (Å²) in [6.07, 6.45) is 1.28. The van der Waals surface area contributed by atoms with Gasteiger partial charge in [-0.3, -0.25) is 0 Å². The topological polar surface area (TPSA) is 3.24 Å². The van der Waals surface area contributed by atoms with Crippen LogP contribution in [0.3, 0.4) is 0 Å². The molecule has 2 unspecified atom stereocenters. The lowest BCUT2D eigenvalue weighted by atomic mass is 9.81. The number of nitrogens with zero attached hydrogens (tertiary/aromatic N) is 1. The fourth-order valence-corrected chi connectivity index (χ4v) is 2.48. The summed E-state index contributed by atoms with van der Waals surface area (Å²) in [5.41, 5.74) is 0.366. The van der Waals surface area contributed by atoms with E-state index in [1.165, 1.54) is 19.5 Å². The Kier molecular flexibility index (Phi) is 7.75. The van der Waals surface area contributed by atoms with Crippen molar-refractivity contribution in [2.45, 2.75) is 48.0 Å². The summed E-state index contributed by atoms with van der Waals surface area (Å²) in [5, 5.41) is 0. The Labute approximate surface area is 108 Å². The third-order valence-electron chi connectivity index (χ3n) is 3.64. The van der Waals surface area contributed by atoms with Gasteiger partial charge in [-0.1, -0.05) is 48.0 Å². The van der Waals surface area contributed by atoms with Gasteiger partial charge in [0.25, 0.3) is 0 Å². The lowest BCUT2D eigenvalue weighted by Gasteiger charge is -2.35. The van der Waals surface area contributed by atoms with E-state index >= 15 is 0 Å². The molecule has 2 heteroatoms. The van der Waals surface area contributed by atoms with E-state index in [1.807, 2.05) is 0 Å². The summed E-state index contributed by atoms with van der Waals surface area (Å²) in [4.78, 5) is 2.58. The van der Waals surface area contributed by atoms with Gasteiger partial charge in [0.15, 0.2) is 0 Å². The van der Waals surface area contributed by atoms with Gasteiger partial charge >= 0.3 is 0 Å². The molecular weight excluding hydrogens is 214 g/mol. The molecular formula is C14H31NS. The normalized spacial score (nSPS) is 16.5. The van der Waals surface area contributed by atoms with Crippen LogP contribution in [0.2, 0.25) is 0 Å². The Morgan fingerprint density at radius 2 is 1.69 bits per heavy atom. The maximum atomic E-state index is 4.51. The molecule has 0 N–H and O–H groups in total. The van der Waals surface area contributed by atoms with Crippen molar-refractivity contribution in [2.24, 2.45) is 17.3 Å². The van der Waals surface area contributed by atoms with Crippen LogP contribution in [-0.2, 0) is 0 Å². The maximum Gasteiger partial charge on any atom is 0.00225 e. The molecule has 0 bridgehead atoms. The number of hydrogen-bond donors (Lipinski definition) is 1. The van der Waals surface area contributed by atoms with Gasteiger partial charge in [-0.05, 0) is 29.5 Å². The van der Waals surface area contributed by atoms with Gasteiger partial charge in [-0.2, -0.15) is 12.6 Å². The molecule has 0 spiro atoms. The molecule has 1 nitrogen and oxygen atoms in total. The van der Waals surface area contributed by atoms with Crippen LogP contribution in [0.4, 0.5) is 0 Å². The minimum absolute atomic E-state index is 0.366. The lowest BCUT2D eigenvalue weighted by molar-refractivity contribution is 0.155. The Hall–Kier alpha value is 0.310. The predicted molar refractivity (Wildman–Crippen MR) is 78.4 cm³/mol. The quantitative estimate of drug-likeness (QED) is 0.665. The molecule has 0 amide bonds. The zero-order chi connectivity index (χ0) is 12.8. The first-order valence-electron chi connectivity index (χ1n) is 6.68. The summed E-state index contributed by atoms with van der Waals surface area (Å²) in [7, 11) is 0. The molecule has 0 radical (unpaired) electrons. The third-order valence-corrected chi connectivity index (χ3v) is 4.08. The van der Waals surface area contributed by atoms with E-state index in [0.717, 1.165) is 18.2 Å². The van der Waals surface area contributed by atoms with Crippen molar-refractivity contribution in [3.8, 4) is 0 Å². The summed E-state index contributed by atoms with van der Waals surface area (Å²) in [6.45, 7) is 17.4. The van der Waals surface area contributed by atoms with Crippen LogP contribution >= 0.6 is 12.6 Å². The van der Waals surface area contributed by atoms with Crippen LogP contribution in [0.1, 0.15) is 48.0 Å². The highest BCUT2D eigenvalue weighted by molar-refractivity contribution is 7.80. The Morgan fingerprint density at radius 3 is 2.00 bits per heavy atom. The molecule has 0 fully saturated rings. The van der Waals surface area contributed by atoms with Crippen LogP contribution in [0.15, 0.2) is 0 Å². The first kappa shape index (κ1) is 16.3. The second-order valence-corrected chi connectivity index (χ2v) is 6.48.